The molecule has 110 valence electrons. The molecule has 1 fully saturated rings. The lowest BCUT2D eigenvalue weighted by Crippen LogP contribution is -2.59. The molecule has 0 aromatic carbocycles. The minimum Gasteiger partial charge on any atom is -0.392 e. The number of aromatic nitrogens is 2. The Balaban J connectivity index is 2.02. The molecule has 2 rings (SSSR count). The molecule has 1 aliphatic rings. The van der Waals surface area contributed by atoms with Crippen molar-refractivity contribution in [3.63, 3.8) is 0 Å². The molecule has 0 saturated carbocycles. The number of rotatable bonds is 4. The van der Waals surface area contributed by atoms with Crippen LogP contribution in [0.3, 0.4) is 0 Å². The fourth-order valence-corrected chi connectivity index (χ4v) is 2.53. The van der Waals surface area contributed by atoms with Gasteiger partial charge in [-0.1, -0.05) is 19.1 Å². The van der Waals surface area contributed by atoms with Crippen molar-refractivity contribution >= 4 is 23.0 Å². The van der Waals surface area contributed by atoms with Crippen molar-refractivity contribution in [3.8, 4) is 0 Å². The Hall–Kier alpha value is -1.27. The van der Waals surface area contributed by atoms with Crippen LogP contribution < -0.4 is 10.6 Å². The first-order chi connectivity index (χ1) is 9.45. The van der Waals surface area contributed by atoms with Crippen LogP contribution >= 0.6 is 12.2 Å². The summed E-state index contributed by atoms with van der Waals surface area (Å²) >= 11 is 5.17. The predicted octanol–water partition coefficient (Wildman–Crippen LogP) is 1.23. The second-order valence-corrected chi connectivity index (χ2v) is 6.06. The molecular weight excluding hydrogens is 270 g/mol. The van der Waals surface area contributed by atoms with E-state index in [0.29, 0.717) is 4.99 Å². The van der Waals surface area contributed by atoms with E-state index in [4.69, 9.17) is 18.0 Å². The van der Waals surface area contributed by atoms with Gasteiger partial charge >= 0.3 is 0 Å². The first-order valence-electron chi connectivity index (χ1n) is 7.06. The largest absolute Gasteiger partial charge is 0.392 e. The Morgan fingerprint density at radius 1 is 1.30 bits per heavy atom. The Labute approximate surface area is 126 Å². The normalized spacial score (nSPS) is 17.2. The summed E-state index contributed by atoms with van der Waals surface area (Å²) < 4.78 is 0. The molecule has 0 bridgehead atoms. The van der Waals surface area contributed by atoms with Gasteiger partial charge in [0.25, 0.3) is 0 Å². The Bertz CT molecular complexity index is 480. The van der Waals surface area contributed by atoms with E-state index in [1.807, 2.05) is 0 Å². The van der Waals surface area contributed by atoms with Crippen LogP contribution in [0.15, 0.2) is 12.4 Å². The zero-order valence-electron chi connectivity index (χ0n) is 12.5. The van der Waals surface area contributed by atoms with Gasteiger partial charge in [0.15, 0.2) is 0 Å². The van der Waals surface area contributed by atoms with Crippen molar-refractivity contribution in [2.24, 2.45) is 5.73 Å². The Kier molecular flexibility index (Phi) is 4.55. The van der Waals surface area contributed by atoms with Crippen LogP contribution in [0.25, 0.3) is 0 Å². The lowest BCUT2D eigenvalue weighted by Gasteiger charge is -2.43. The fourth-order valence-electron chi connectivity index (χ4n) is 2.40. The fraction of sp³-hybridized carbons (Fsp3) is 0.643. The van der Waals surface area contributed by atoms with Crippen molar-refractivity contribution in [2.45, 2.75) is 32.7 Å². The van der Waals surface area contributed by atoms with Gasteiger partial charge in [-0.05, 0) is 20.3 Å². The molecule has 1 aliphatic heterocycles. The third kappa shape index (κ3) is 3.07. The Morgan fingerprint density at radius 3 is 2.50 bits per heavy atom. The van der Waals surface area contributed by atoms with Crippen LogP contribution in [0.2, 0.25) is 0 Å². The lowest BCUT2D eigenvalue weighted by atomic mass is 10.0. The highest BCUT2D eigenvalue weighted by Crippen LogP contribution is 2.20. The molecule has 0 amide bonds. The quantitative estimate of drug-likeness (QED) is 0.843. The van der Waals surface area contributed by atoms with Gasteiger partial charge in [-0.25, -0.2) is 9.97 Å². The number of hydrogen-bond acceptors (Lipinski definition) is 5. The smallest absolute Gasteiger partial charge is 0.132 e. The molecule has 0 spiro atoms. The average molecular weight is 293 g/mol. The van der Waals surface area contributed by atoms with Gasteiger partial charge in [0.1, 0.15) is 12.1 Å². The van der Waals surface area contributed by atoms with Crippen molar-refractivity contribution < 1.29 is 0 Å². The second kappa shape index (κ2) is 6.01. The molecule has 6 heteroatoms. The van der Waals surface area contributed by atoms with Crippen molar-refractivity contribution in [1.29, 1.82) is 0 Å². The molecule has 1 aromatic rings. The molecule has 1 aromatic heterocycles. The zero-order chi connectivity index (χ0) is 14.8. The number of thiocarbonyl (C=S) groups is 1. The molecule has 0 unspecified atom stereocenters. The first kappa shape index (κ1) is 15.1. The molecule has 2 N–H and O–H groups in total. The summed E-state index contributed by atoms with van der Waals surface area (Å²) in [4.78, 5) is 13.8. The Morgan fingerprint density at radius 2 is 1.95 bits per heavy atom. The van der Waals surface area contributed by atoms with Crippen LogP contribution in [0.1, 0.15) is 26.5 Å². The zero-order valence-corrected chi connectivity index (χ0v) is 13.3. The van der Waals surface area contributed by atoms with Crippen LogP contribution in [0.4, 0.5) is 5.82 Å². The number of aryl methyl sites for hydroxylation is 1. The molecule has 2 heterocycles. The number of nitrogens with zero attached hydrogens (tertiary/aromatic N) is 4. The monoisotopic (exact) mass is 293 g/mol. The van der Waals surface area contributed by atoms with Crippen LogP contribution in [0.5, 0.6) is 0 Å². The molecule has 5 nitrogen and oxygen atoms in total. The predicted molar refractivity (Wildman–Crippen MR) is 86.1 cm³/mol. The van der Waals surface area contributed by atoms with E-state index in [9.17, 15) is 0 Å². The summed E-state index contributed by atoms with van der Waals surface area (Å²) in [6, 6.07) is 2.08. The molecule has 1 saturated heterocycles. The highest BCUT2D eigenvalue weighted by molar-refractivity contribution is 7.80. The minimum absolute atomic E-state index is 0.221. The maximum atomic E-state index is 5.84. The average Bonchev–Trinajstić information content (AvgIpc) is 2.47. The van der Waals surface area contributed by atoms with Crippen molar-refractivity contribution in [3.05, 3.63) is 18.1 Å². The van der Waals surface area contributed by atoms with E-state index in [-0.39, 0.29) is 5.54 Å². The van der Waals surface area contributed by atoms with E-state index in [2.05, 4.69) is 46.6 Å². The number of anilines is 1. The summed E-state index contributed by atoms with van der Waals surface area (Å²) in [5, 5.41) is 0. The summed E-state index contributed by atoms with van der Waals surface area (Å²) in [6.07, 6.45) is 2.59. The maximum absolute atomic E-state index is 5.84. The molecule has 0 atom stereocenters. The van der Waals surface area contributed by atoms with E-state index in [1.54, 1.807) is 6.33 Å². The number of piperazine rings is 1. The maximum Gasteiger partial charge on any atom is 0.132 e. The van der Waals surface area contributed by atoms with Crippen molar-refractivity contribution in [2.75, 3.05) is 31.1 Å². The standard InChI is InChI=1S/C14H23N5S/c1-4-11-9-12(17-10-16-11)18-5-7-19(8-6-18)14(2,3)13(15)20/h9-10H,4-8H2,1-3H3,(H2,15,20). The van der Waals surface area contributed by atoms with Crippen LogP contribution in [-0.2, 0) is 6.42 Å². The summed E-state index contributed by atoms with van der Waals surface area (Å²) in [5.41, 5.74) is 6.70. The van der Waals surface area contributed by atoms with E-state index < -0.39 is 0 Å². The van der Waals surface area contributed by atoms with E-state index in [1.165, 1.54) is 0 Å². The summed E-state index contributed by atoms with van der Waals surface area (Å²) in [6.45, 7) is 10.0. The van der Waals surface area contributed by atoms with Gasteiger partial charge in [-0.15, -0.1) is 0 Å². The van der Waals surface area contributed by atoms with Gasteiger partial charge in [-0.2, -0.15) is 0 Å². The van der Waals surface area contributed by atoms with Gasteiger partial charge < -0.3 is 10.6 Å². The third-order valence-corrected chi connectivity index (χ3v) is 4.57. The topological polar surface area (TPSA) is 58.3 Å². The van der Waals surface area contributed by atoms with E-state index >= 15 is 0 Å². The number of nitrogens with two attached hydrogens (primary N) is 1. The highest BCUT2D eigenvalue weighted by atomic mass is 32.1. The number of hydrogen-bond donors (Lipinski definition) is 1. The molecular formula is C14H23N5S. The highest BCUT2D eigenvalue weighted by Gasteiger charge is 2.32. The molecule has 0 aliphatic carbocycles. The minimum atomic E-state index is -0.221. The third-order valence-electron chi connectivity index (χ3n) is 4.07. The van der Waals surface area contributed by atoms with Gasteiger partial charge in [0.2, 0.25) is 0 Å². The SMILES string of the molecule is CCc1cc(N2CCN(C(C)(C)C(N)=S)CC2)ncn1. The van der Waals surface area contributed by atoms with Gasteiger partial charge in [0.05, 0.1) is 10.5 Å². The second-order valence-electron chi connectivity index (χ2n) is 5.62. The van der Waals surface area contributed by atoms with Crippen molar-refractivity contribution in [1.82, 2.24) is 14.9 Å². The van der Waals surface area contributed by atoms with Crippen LogP contribution in [0, 0.1) is 0 Å². The van der Waals surface area contributed by atoms with Crippen LogP contribution in [-0.4, -0.2) is 51.6 Å². The van der Waals surface area contributed by atoms with E-state index in [0.717, 1.165) is 44.1 Å². The molecule has 0 radical (unpaired) electrons. The van der Waals surface area contributed by atoms with Gasteiger partial charge in [0, 0.05) is 37.9 Å². The first-order valence-corrected chi connectivity index (χ1v) is 7.46. The van der Waals surface area contributed by atoms with Gasteiger partial charge in [-0.3, -0.25) is 4.90 Å². The molecule has 20 heavy (non-hydrogen) atoms. The summed E-state index contributed by atoms with van der Waals surface area (Å²) in [7, 11) is 0. The lowest BCUT2D eigenvalue weighted by molar-refractivity contribution is 0.168. The summed E-state index contributed by atoms with van der Waals surface area (Å²) in [5.74, 6) is 1.02.